The predicted octanol–water partition coefficient (Wildman–Crippen LogP) is 5.97. The van der Waals surface area contributed by atoms with Crippen LogP contribution in [0.3, 0.4) is 0 Å². The minimum Gasteiger partial charge on any atom is -0.337 e. The molecule has 0 aliphatic heterocycles. The van der Waals surface area contributed by atoms with E-state index in [1.54, 1.807) is 48.5 Å². The van der Waals surface area contributed by atoms with E-state index in [1.165, 1.54) is 18.2 Å². The van der Waals surface area contributed by atoms with Crippen LogP contribution in [0.25, 0.3) is 0 Å². The van der Waals surface area contributed by atoms with E-state index >= 15 is 8.78 Å². The molecule has 0 radical (unpaired) electrons. The van der Waals surface area contributed by atoms with Gasteiger partial charge in [-0.3, -0.25) is 4.79 Å². The second-order valence-corrected chi connectivity index (χ2v) is 13.0. The number of nitrogens with zero attached hydrogens (tertiary/aromatic N) is 3. The number of anilines is 1. The van der Waals surface area contributed by atoms with Crippen molar-refractivity contribution in [1.29, 1.82) is 0 Å². The molecule has 2 aliphatic carbocycles. The van der Waals surface area contributed by atoms with E-state index in [2.05, 4.69) is 9.71 Å². The van der Waals surface area contributed by atoms with Crippen LogP contribution >= 0.6 is 0 Å². The number of hydrogen-bond acceptors (Lipinski definition) is 4. The van der Waals surface area contributed by atoms with E-state index < -0.39 is 28.4 Å². The third kappa shape index (κ3) is 5.48. The standard InChI is InChI=1S/C32H32F2N4O3S/c1-21-7-6-10-24(17-21)42(40,41)36-29-13-14-32(33,34)28-12-11-23(18-27(28)29)38(20-30-35-15-16-37(30)2)31(39)26-19-25(26)22-8-4-3-5-9-22/h3-12,15-18,25-26,29,36H,13-14,19-20H2,1-2H3/t25-,26-,29-/m1/s1. The smallest absolute Gasteiger partial charge is 0.273 e. The van der Waals surface area contributed by atoms with E-state index in [-0.39, 0.29) is 46.7 Å². The Morgan fingerprint density at radius 2 is 1.88 bits per heavy atom. The van der Waals surface area contributed by atoms with Gasteiger partial charge >= 0.3 is 0 Å². The zero-order chi connectivity index (χ0) is 29.6. The highest BCUT2D eigenvalue weighted by atomic mass is 32.2. The lowest BCUT2D eigenvalue weighted by molar-refractivity contribution is -0.120. The van der Waals surface area contributed by atoms with Crippen molar-refractivity contribution in [2.75, 3.05) is 4.90 Å². The Kier molecular flexibility index (Phi) is 7.22. The first kappa shape index (κ1) is 28.2. The van der Waals surface area contributed by atoms with Gasteiger partial charge in [0.15, 0.2) is 0 Å². The molecular formula is C32H32F2N4O3S. The first-order valence-corrected chi connectivity index (χ1v) is 15.5. The highest BCUT2D eigenvalue weighted by Crippen LogP contribution is 2.50. The number of hydrogen-bond donors (Lipinski definition) is 1. The number of fused-ring (bicyclic) bond motifs is 1. The molecule has 1 amide bonds. The van der Waals surface area contributed by atoms with Gasteiger partial charge < -0.3 is 9.47 Å². The summed E-state index contributed by atoms with van der Waals surface area (Å²) in [5.74, 6) is -2.77. The molecule has 10 heteroatoms. The van der Waals surface area contributed by atoms with Crippen LogP contribution in [0.1, 0.15) is 59.3 Å². The van der Waals surface area contributed by atoms with Crippen LogP contribution in [-0.2, 0) is 34.3 Å². The summed E-state index contributed by atoms with van der Waals surface area (Å²) in [6, 6.07) is 19.8. The molecule has 4 aromatic rings. The summed E-state index contributed by atoms with van der Waals surface area (Å²) in [5.41, 5.74) is 2.23. The van der Waals surface area contributed by atoms with Crippen molar-refractivity contribution in [1.82, 2.24) is 14.3 Å². The van der Waals surface area contributed by atoms with E-state index in [0.29, 0.717) is 17.9 Å². The van der Waals surface area contributed by atoms with Crippen LogP contribution in [-0.4, -0.2) is 23.9 Å². The predicted molar refractivity (Wildman–Crippen MR) is 155 cm³/mol. The Balaban J connectivity index is 1.36. The minimum atomic E-state index is -3.99. The summed E-state index contributed by atoms with van der Waals surface area (Å²) in [6.07, 6.45) is 3.55. The van der Waals surface area contributed by atoms with Gasteiger partial charge in [-0.05, 0) is 66.6 Å². The Morgan fingerprint density at radius 1 is 1.10 bits per heavy atom. The zero-order valence-electron chi connectivity index (χ0n) is 23.4. The molecule has 3 atom stereocenters. The molecule has 7 nitrogen and oxygen atoms in total. The minimum absolute atomic E-state index is 0.0739. The van der Waals surface area contributed by atoms with Crippen LogP contribution in [0, 0.1) is 12.8 Å². The van der Waals surface area contributed by atoms with Crippen LogP contribution in [0.5, 0.6) is 0 Å². The van der Waals surface area contributed by atoms with Crippen molar-refractivity contribution < 1.29 is 22.0 Å². The molecule has 1 N–H and O–H groups in total. The van der Waals surface area contributed by atoms with Crippen molar-refractivity contribution in [3.05, 3.63) is 113 Å². The van der Waals surface area contributed by atoms with Gasteiger partial charge in [0.05, 0.1) is 11.4 Å². The molecule has 6 rings (SSSR count). The molecule has 0 saturated heterocycles. The quantitative estimate of drug-likeness (QED) is 0.274. The number of nitrogens with one attached hydrogen (secondary N) is 1. The van der Waals surface area contributed by atoms with Crippen molar-refractivity contribution in [2.45, 2.75) is 55.5 Å². The molecule has 3 aromatic carbocycles. The Morgan fingerprint density at radius 3 is 2.60 bits per heavy atom. The van der Waals surface area contributed by atoms with Gasteiger partial charge in [0.2, 0.25) is 15.9 Å². The number of halogens is 2. The number of carbonyl (C=O) groups excluding carboxylic acids is 1. The second kappa shape index (κ2) is 10.7. The summed E-state index contributed by atoms with van der Waals surface area (Å²) in [4.78, 5) is 20.0. The van der Waals surface area contributed by atoms with Crippen molar-refractivity contribution in [3.8, 4) is 0 Å². The summed E-state index contributed by atoms with van der Waals surface area (Å²) < 4.78 is 61.3. The fourth-order valence-corrected chi connectivity index (χ4v) is 7.19. The average Bonchev–Trinajstić information content (AvgIpc) is 3.68. The normalized spacial score (nSPS) is 21.0. The van der Waals surface area contributed by atoms with E-state index in [4.69, 9.17) is 0 Å². The summed E-state index contributed by atoms with van der Waals surface area (Å²) in [7, 11) is -2.16. The zero-order valence-corrected chi connectivity index (χ0v) is 24.2. The fourth-order valence-electron chi connectivity index (χ4n) is 5.84. The molecule has 1 heterocycles. The SMILES string of the molecule is Cc1cccc(S(=O)(=O)N[C@@H]2CCC(F)(F)c3ccc(N(Cc4nccn4C)C(=O)[C@@H]4C[C@@H]4c4ccccc4)cc32)c1. The molecular weight excluding hydrogens is 558 g/mol. The first-order chi connectivity index (χ1) is 20.0. The van der Waals surface area contributed by atoms with Crippen molar-refractivity contribution >= 4 is 21.6 Å². The maximum Gasteiger partial charge on any atom is 0.273 e. The molecule has 0 unspecified atom stereocenters. The number of rotatable bonds is 8. The largest absolute Gasteiger partial charge is 0.337 e. The third-order valence-electron chi connectivity index (χ3n) is 8.28. The van der Waals surface area contributed by atoms with Gasteiger partial charge in [-0.1, -0.05) is 48.5 Å². The van der Waals surface area contributed by atoms with Gasteiger partial charge in [-0.25, -0.2) is 26.9 Å². The third-order valence-corrected chi connectivity index (χ3v) is 9.75. The van der Waals surface area contributed by atoms with Crippen LogP contribution in [0.2, 0.25) is 0 Å². The van der Waals surface area contributed by atoms with Gasteiger partial charge in [0, 0.05) is 49.1 Å². The Labute approximate surface area is 244 Å². The van der Waals surface area contributed by atoms with E-state index in [0.717, 1.165) is 11.1 Å². The van der Waals surface area contributed by atoms with E-state index in [1.807, 2.05) is 41.9 Å². The van der Waals surface area contributed by atoms with E-state index in [9.17, 15) is 13.2 Å². The van der Waals surface area contributed by atoms with Gasteiger partial charge in [0.1, 0.15) is 5.82 Å². The number of amides is 1. The summed E-state index contributed by atoms with van der Waals surface area (Å²) in [6.45, 7) is 1.94. The lowest BCUT2D eigenvalue weighted by atomic mass is 9.85. The number of carbonyl (C=O) groups is 1. The van der Waals surface area contributed by atoms with Gasteiger partial charge in [0.25, 0.3) is 5.92 Å². The molecule has 42 heavy (non-hydrogen) atoms. The molecule has 1 saturated carbocycles. The second-order valence-electron chi connectivity index (χ2n) is 11.2. The van der Waals surface area contributed by atoms with Gasteiger partial charge in [-0.2, -0.15) is 0 Å². The number of aromatic nitrogens is 2. The number of aryl methyl sites for hydroxylation is 2. The first-order valence-electron chi connectivity index (χ1n) is 14.0. The van der Waals surface area contributed by atoms with Crippen molar-refractivity contribution in [2.24, 2.45) is 13.0 Å². The van der Waals surface area contributed by atoms with Gasteiger partial charge in [-0.15, -0.1) is 0 Å². The van der Waals surface area contributed by atoms with Crippen LogP contribution in [0.15, 0.2) is 90.1 Å². The number of benzene rings is 3. The molecule has 0 bridgehead atoms. The molecule has 1 fully saturated rings. The maximum atomic E-state index is 15.1. The van der Waals surface area contributed by atoms with Crippen LogP contribution in [0.4, 0.5) is 14.5 Å². The fraction of sp³-hybridized carbons (Fsp3) is 0.312. The Hall–Kier alpha value is -3.89. The number of sulfonamides is 1. The average molecular weight is 591 g/mol. The molecule has 1 aromatic heterocycles. The van der Waals surface area contributed by atoms with Crippen molar-refractivity contribution in [3.63, 3.8) is 0 Å². The summed E-state index contributed by atoms with van der Waals surface area (Å²) >= 11 is 0. The monoisotopic (exact) mass is 590 g/mol. The number of alkyl halides is 2. The number of imidazole rings is 1. The lowest BCUT2D eigenvalue weighted by Gasteiger charge is -2.33. The highest BCUT2D eigenvalue weighted by molar-refractivity contribution is 7.89. The highest BCUT2D eigenvalue weighted by Gasteiger charge is 2.47. The Bertz CT molecular complexity index is 1740. The topological polar surface area (TPSA) is 84.3 Å². The molecule has 218 valence electrons. The lowest BCUT2D eigenvalue weighted by Crippen LogP contribution is -2.36. The molecule has 2 aliphatic rings. The maximum absolute atomic E-state index is 15.1. The molecule has 0 spiro atoms. The van der Waals surface area contributed by atoms with Crippen LogP contribution < -0.4 is 9.62 Å². The summed E-state index contributed by atoms with van der Waals surface area (Å²) in [5, 5.41) is 0.